The van der Waals surface area contributed by atoms with Crippen LogP contribution < -0.4 is 14.8 Å². The van der Waals surface area contributed by atoms with Crippen LogP contribution in [0.4, 0.5) is 5.82 Å². The van der Waals surface area contributed by atoms with Crippen molar-refractivity contribution in [2.75, 3.05) is 19.5 Å². The smallest absolute Gasteiger partial charge is 0.222 e. The molecule has 1 heterocycles. The van der Waals surface area contributed by atoms with Gasteiger partial charge in [0.15, 0.2) is 17.3 Å². The number of rotatable bonds is 5. The van der Waals surface area contributed by atoms with E-state index >= 15 is 0 Å². The molecule has 2 aromatic carbocycles. The van der Waals surface area contributed by atoms with Gasteiger partial charge in [-0.3, -0.25) is 9.89 Å². The molecule has 0 spiro atoms. The standard InChI is InChI=1S/C19H19N3O3/c1-12(23)20-19-17(14-9-10-15(24-2)16(11-14)25-3)18(21-22-19)13-7-5-4-6-8-13/h4-11H,1-3H3,(H2,20,21,22,23). The molecule has 1 aromatic heterocycles. The molecule has 0 radical (unpaired) electrons. The Labute approximate surface area is 145 Å². The minimum absolute atomic E-state index is 0.187. The second-order valence-electron chi connectivity index (χ2n) is 5.44. The summed E-state index contributed by atoms with van der Waals surface area (Å²) in [6, 6.07) is 15.4. The molecule has 0 aliphatic rings. The molecule has 0 unspecified atom stereocenters. The number of nitrogens with zero attached hydrogens (tertiary/aromatic N) is 1. The molecule has 0 saturated carbocycles. The van der Waals surface area contributed by atoms with Gasteiger partial charge in [0.25, 0.3) is 0 Å². The highest BCUT2D eigenvalue weighted by molar-refractivity contribution is 5.97. The number of amides is 1. The maximum atomic E-state index is 11.6. The van der Waals surface area contributed by atoms with E-state index in [4.69, 9.17) is 9.47 Å². The Balaban J connectivity index is 2.19. The van der Waals surface area contributed by atoms with Crippen LogP contribution in [-0.4, -0.2) is 30.3 Å². The summed E-state index contributed by atoms with van der Waals surface area (Å²) in [4.78, 5) is 11.6. The van der Waals surface area contributed by atoms with Crippen LogP contribution in [0.25, 0.3) is 22.4 Å². The van der Waals surface area contributed by atoms with Gasteiger partial charge in [0.05, 0.1) is 25.5 Å². The van der Waals surface area contributed by atoms with Gasteiger partial charge in [-0.15, -0.1) is 0 Å². The molecular formula is C19H19N3O3. The zero-order valence-corrected chi connectivity index (χ0v) is 14.3. The topological polar surface area (TPSA) is 76.2 Å². The summed E-state index contributed by atoms with van der Waals surface area (Å²) in [6.45, 7) is 1.45. The minimum Gasteiger partial charge on any atom is -0.493 e. The SMILES string of the molecule is COc1ccc(-c2c(NC(C)=O)n[nH]c2-c2ccccc2)cc1OC. The van der Waals surface area contributed by atoms with Crippen molar-refractivity contribution >= 4 is 11.7 Å². The quantitative estimate of drug-likeness (QED) is 0.744. The second-order valence-corrected chi connectivity index (χ2v) is 5.44. The molecule has 2 N–H and O–H groups in total. The third-order valence-corrected chi connectivity index (χ3v) is 3.80. The summed E-state index contributed by atoms with van der Waals surface area (Å²) in [6.07, 6.45) is 0. The molecule has 0 saturated heterocycles. The third-order valence-electron chi connectivity index (χ3n) is 3.80. The molecule has 6 heteroatoms. The number of methoxy groups -OCH3 is 2. The first-order valence-electron chi connectivity index (χ1n) is 7.77. The molecule has 0 atom stereocenters. The summed E-state index contributed by atoms with van der Waals surface area (Å²) in [7, 11) is 3.18. The van der Waals surface area contributed by atoms with Gasteiger partial charge in [-0.2, -0.15) is 5.10 Å². The number of nitrogens with one attached hydrogen (secondary N) is 2. The average Bonchev–Trinajstić information content (AvgIpc) is 3.04. The van der Waals surface area contributed by atoms with Crippen LogP contribution in [0.5, 0.6) is 11.5 Å². The van der Waals surface area contributed by atoms with E-state index in [-0.39, 0.29) is 5.91 Å². The second kappa shape index (κ2) is 7.09. The lowest BCUT2D eigenvalue weighted by Gasteiger charge is -2.11. The fourth-order valence-corrected chi connectivity index (χ4v) is 2.69. The van der Waals surface area contributed by atoms with Crippen molar-refractivity contribution < 1.29 is 14.3 Å². The van der Waals surface area contributed by atoms with Gasteiger partial charge in [-0.1, -0.05) is 36.4 Å². The van der Waals surface area contributed by atoms with Crippen molar-refractivity contribution in [2.24, 2.45) is 0 Å². The Morgan fingerprint density at radius 3 is 2.36 bits per heavy atom. The van der Waals surface area contributed by atoms with Gasteiger partial charge in [-0.25, -0.2) is 0 Å². The molecule has 0 aliphatic carbocycles. The molecule has 1 amide bonds. The zero-order chi connectivity index (χ0) is 17.8. The fourth-order valence-electron chi connectivity index (χ4n) is 2.69. The molecule has 0 fully saturated rings. The summed E-state index contributed by atoms with van der Waals surface area (Å²) in [5.41, 5.74) is 3.43. The predicted molar refractivity (Wildman–Crippen MR) is 96.9 cm³/mol. The van der Waals surface area contributed by atoms with E-state index in [2.05, 4.69) is 15.5 Å². The zero-order valence-electron chi connectivity index (χ0n) is 14.3. The number of hydrogen-bond donors (Lipinski definition) is 2. The highest BCUT2D eigenvalue weighted by Crippen LogP contribution is 2.39. The van der Waals surface area contributed by atoms with Crippen LogP contribution in [0.15, 0.2) is 48.5 Å². The molecule has 0 bridgehead atoms. The van der Waals surface area contributed by atoms with Crippen molar-refractivity contribution in [2.45, 2.75) is 6.92 Å². The van der Waals surface area contributed by atoms with Gasteiger partial charge in [0.1, 0.15) is 0 Å². The van der Waals surface area contributed by atoms with Crippen LogP contribution in [0, 0.1) is 0 Å². The molecular weight excluding hydrogens is 318 g/mol. The number of hydrogen-bond acceptors (Lipinski definition) is 4. The van der Waals surface area contributed by atoms with Gasteiger partial charge in [0, 0.05) is 12.5 Å². The van der Waals surface area contributed by atoms with Crippen LogP contribution in [0.1, 0.15) is 6.92 Å². The normalized spacial score (nSPS) is 10.4. The van der Waals surface area contributed by atoms with Crippen LogP contribution in [0.3, 0.4) is 0 Å². The molecule has 3 aromatic rings. The van der Waals surface area contributed by atoms with E-state index in [1.807, 2.05) is 48.5 Å². The van der Waals surface area contributed by atoms with Crippen molar-refractivity contribution in [3.8, 4) is 33.9 Å². The number of anilines is 1. The van der Waals surface area contributed by atoms with Crippen LogP contribution in [-0.2, 0) is 4.79 Å². The summed E-state index contributed by atoms with van der Waals surface area (Å²) in [5.74, 6) is 1.53. The van der Waals surface area contributed by atoms with E-state index in [0.717, 1.165) is 22.4 Å². The first kappa shape index (κ1) is 16.6. The van der Waals surface area contributed by atoms with Crippen molar-refractivity contribution in [1.82, 2.24) is 10.2 Å². The van der Waals surface area contributed by atoms with E-state index in [0.29, 0.717) is 17.3 Å². The first-order valence-corrected chi connectivity index (χ1v) is 7.77. The highest BCUT2D eigenvalue weighted by atomic mass is 16.5. The molecule has 0 aliphatic heterocycles. The maximum Gasteiger partial charge on any atom is 0.222 e. The number of aromatic amines is 1. The number of carbonyl (C=O) groups is 1. The number of ether oxygens (including phenoxy) is 2. The predicted octanol–water partition coefficient (Wildman–Crippen LogP) is 3.72. The lowest BCUT2D eigenvalue weighted by molar-refractivity contribution is -0.114. The Morgan fingerprint density at radius 1 is 1.00 bits per heavy atom. The van der Waals surface area contributed by atoms with E-state index in [9.17, 15) is 4.79 Å². The maximum absolute atomic E-state index is 11.6. The van der Waals surface area contributed by atoms with E-state index in [1.54, 1.807) is 14.2 Å². The Bertz CT molecular complexity index is 888. The molecule has 3 rings (SSSR count). The third kappa shape index (κ3) is 3.33. The summed E-state index contributed by atoms with van der Waals surface area (Å²) < 4.78 is 10.7. The number of aromatic nitrogens is 2. The van der Waals surface area contributed by atoms with Gasteiger partial charge in [-0.05, 0) is 17.7 Å². The number of benzene rings is 2. The van der Waals surface area contributed by atoms with E-state index < -0.39 is 0 Å². The number of H-pyrrole nitrogens is 1. The fraction of sp³-hybridized carbons (Fsp3) is 0.158. The van der Waals surface area contributed by atoms with Crippen molar-refractivity contribution in [3.05, 3.63) is 48.5 Å². The van der Waals surface area contributed by atoms with Gasteiger partial charge >= 0.3 is 0 Å². The Morgan fingerprint density at radius 2 is 1.72 bits per heavy atom. The Kier molecular flexibility index (Phi) is 4.70. The summed E-state index contributed by atoms with van der Waals surface area (Å²) in [5, 5.41) is 10.1. The number of carbonyl (C=O) groups excluding carboxylic acids is 1. The van der Waals surface area contributed by atoms with Gasteiger partial charge < -0.3 is 14.8 Å². The lowest BCUT2D eigenvalue weighted by atomic mass is 10.00. The van der Waals surface area contributed by atoms with Gasteiger partial charge in [0.2, 0.25) is 5.91 Å². The monoisotopic (exact) mass is 337 g/mol. The average molecular weight is 337 g/mol. The lowest BCUT2D eigenvalue weighted by Crippen LogP contribution is -2.07. The minimum atomic E-state index is -0.187. The van der Waals surface area contributed by atoms with Crippen molar-refractivity contribution in [1.29, 1.82) is 0 Å². The highest BCUT2D eigenvalue weighted by Gasteiger charge is 2.19. The first-order chi connectivity index (χ1) is 12.1. The molecule has 6 nitrogen and oxygen atoms in total. The molecule has 128 valence electrons. The van der Waals surface area contributed by atoms with E-state index in [1.165, 1.54) is 6.92 Å². The van der Waals surface area contributed by atoms with Crippen LogP contribution in [0.2, 0.25) is 0 Å². The largest absolute Gasteiger partial charge is 0.493 e. The summed E-state index contributed by atoms with van der Waals surface area (Å²) >= 11 is 0. The Hall–Kier alpha value is -3.28. The van der Waals surface area contributed by atoms with Crippen molar-refractivity contribution in [3.63, 3.8) is 0 Å². The van der Waals surface area contributed by atoms with Crippen LogP contribution >= 0.6 is 0 Å². The molecule has 25 heavy (non-hydrogen) atoms.